The molecule has 2 rings (SSSR count). The molecule has 0 saturated heterocycles. The number of amides is 2. The number of ether oxygens (including phenoxy) is 1. The fraction of sp³-hybridized carbons (Fsp3) is 0.385. The summed E-state index contributed by atoms with van der Waals surface area (Å²) in [7, 11) is 0. The lowest BCUT2D eigenvalue weighted by atomic mass is 10.1. The van der Waals surface area contributed by atoms with Crippen molar-refractivity contribution in [3.05, 3.63) is 23.8 Å². The molecule has 6 heteroatoms. The summed E-state index contributed by atoms with van der Waals surface area (Å²) in [5.41, 5.74) is 1.06. The SMILES string of the molecule is O=C1COc2cc(C(=O)NCCCCO)ccc2N1. The first kappa shape index (κ1) is 13.4. The number of hydrogen-bond donors (Lipinski definition) is 3. The van der Waals surface area contributed by atoms with Crippen molar-refractivity contribution in [3.63, 3.8) is 0 Å². The Morgan fingerprint density at radius 1 is 1.42 bits per heavy atom. The Balaban J connectivity index is 1.97. The normalized spacial score (nSPS) is 13.2. The molecule has 6 nitrogen and oxygen atoms in total. The number of rotatable bonds is 5. The molecule has 0 aromatic heterocycles. The molecule has 0 radical (unpaired) electrons. The molecule has 102 valence electrons. The van der Waals surface area contributed by atoms with Crippen LogP contribution in [0, 0.1) is 0 Å². The average molecular weight is 264 g/mol. The van der Waals surface area contributed by atoms with Crippen LogP contribution in [0.25, 0.3) is 0 Å². The first-order valence-electron chi connectivity index (χ1n) is 6.16. The average Bonchev–Trinajstić information content (AvgIpc) is 2.42. The van der Waals surface area contributed by atoms with E-state index in [1.807, 2.05) is 0 Å². The number of carbonyl (C=O) groups excluding carboxylic acids is 2. The van der Waals surface area contributed by atoms with Crippen LogP contribution in [0.15, 0.2) is 18.2 Å². The summed E-state index contributed by atoms with van der Waals surface area (Å²) in [6.45, 7) is 0.616. The van der Waals surface area contributed by atoms with E-state index in [2.05, 4.69) is 10.6 Å². The van der Waals surface area contributed by atoms with Crippen molar-refractivity contribution in [2.45, 2.75) is 12.8 Å². The summed E-state index contributed by atoms with van der Waals surface area (Å²) >= 11 is 0. The summed E-state index contributed by atoms with van der Waals surface area (Å²) in [5.74, 6) is 0.109. The molecule has 1 heterocycles. The van der Waals surface area contributed by atoms with Crippen LogP contribution in [0.2, 0.25) is 0 Å². The topological polar surface area (TPSA) is 87.7 Å². The molecule has 1 aliphatic heterocycles. The molecule has 3 N–H and O–H groups in total. The number of fused-ring (bicyclic) bond motifs is 1. The number of benzene rings is 1. The van der Waals surface area contributed by atoms with Crippen molar-refractivity contribution in [1.82, 2.24) is 5.32 Å². The lowest BCUT2D eigenvalue weighted by Gasteiger charge is -2.18. The minimum Gasteiger partial charge on any atom is -0.482 e. The van der Waals surface area contributed by atoms with Gasteiger partial charge in [-0.2, -0.15) is 0 Å². The predicted molar refractivity (Wildman–Crippen MR) is 69.2 cm³/mol. The standard InChI is InChI=1S/C13H16N2O4/c16-6-2-1-5-14-13(18)9-3-4-10-11(7-9)19-8-12(17)15-10/h3-4,7,16H,1-2,5-6,8H2,(H,14,18)(H,15,17). The lowest BCUT2D eigenvalue weighted by molar-refractivity contribution is -0.118. The van der Waals surface area contributed by atoms with E-state index < -0.39 is 0 Å². The maximum atomic E-state index is 11.8. The summed E-state index contributed by atoms with van der Waals surface area (Å²) in [6.07, 6.45) is 1.40. The second-order valence-corrected chi connectivity index (χ2v) is 4.23. The number of hydrogen-bond acceptors (Lipinski definition) is 4. The van der Waals surface area contributed by atoms with Crippen LogP contribution in [0.3, 0.4) is 0 Å². The molecule has 2 amide bonds. The molecule has 1 aliphatic rings. The van der Waals surface area contributed by atoms with Gasteiger partial charge in [0, 0.05) is 18.7 Å². The van der Waals surface area contributed by atoms with Crippen LogP contribution < -0.4 is 15.4 Å². The van der Waals surface area contributed by atoms with Crippen molar-refractivity contribution in [2.24, 2.45) is 0 Å². The Hall–Kier alpha value is -2.08. The number of aliphatic hydroxyl groups excluding tert-OH is 1. The fourth-order valence-corrected chi connectivity index (χ4v) is 1.76. The zero-order valence-corrected chi connectivity index (χ0v) is 10.4. The third-order valence-electron chi connectivity index (χ3n) is 2.75. The van der Waals surface area contributed by atoms with E-state index in [0.717, 1.165) is 6.42 Å². The molecular formula is C13H16N2O4. The van der Waals surface area contributed by atoms with Crippen molar-refractivity contribution in [2.75, 3.05) is 25.1 Å². The third-order valence-corrected chi connectivity index (χ3v) is 2.75. The van der Waals surface area contributed by atoms with Crippen molar-refractivity contribution in [3.8, 4) is 5.75 Å². The van der Waals surface area contributed by atoms with Gasteiger partial charge in [-0.1, -0.05) is 0 Å². The highest BCUT2D eigenvalue weighted by atomic mass is 16.5. The first-order chi connectivity index (χ1) is 9.20. The number of carbonyl (C=O) groups is 2. The second-order valence-electron chi connectivity index (χ2n) is 4.23. The molecule has 0 unspecified atom stereocenters. The molecule has 0 fully saturated rings. The predicted octanol–water partition coefficient (Wildman–Crippen LogP) is 0.520. The Bertz CT molecular complexity index is 488. The highest BCUT2D eigenvalue weighted by Gasteiger charge is 2.17. The zero-order valence-electron chi connectivity index (χ0n) is 10.4. The first-order valence-corrected chi connectivity index (χ1v) is 6.16. The molecule has 19 heavy (non-hydrogen) atoms. The highest BCUT2D eigenvalue weighted by Crippen LogP contribution is 2.28. The Morgan fingerprint density at radius 2 is 2.26 bits per heavy atom. The Labute approximate surface area is 110 Å². The summed E-state index contributed by atoms with van der Waals surface area (Å²) < 4.78 is 5.24. The maximum Gasteiger partial charge on any atom is 0.262 e. The van der Waals surface area contributed by atoms with Gasteiger partial charge < -0.3 is 20.5 Å². The molecule has 1 aromatic carbocycles. The second kappa shape index (κ2) is 6.19. The molecule has 0 saturated carbocycles. The van der Waals surface area contributed by atoms with Gasteiger partial charge in [-0.3, -0.25) is 9.59 Å². The quantitative estimate of drug-likeness (QED) is 0.677. The van der Waals surface area contributed by atoms with Crippen LogP contribution in [0.4, 0.5) is 5.69 Å². The third kappa shape index (κ3) is 3.45. The van der Waals surface area contributed by atoms with Crippen LogP contribution in [0.1, 0.15) is 23.2 Å². The van der Waals surface area contributed by atoms with Gasteiger partial charge in [0.25, 0.3) is 11.8 Å². The molecule has 1 aromatic rings. The minimum absolute atomic E-state index is 0.0332. The van der Waals surface area contributed by atoms with Crippen LogP contribution in [0.5, 0.6) is 5.75 Å². The summed E-state index contributed by atoms with van der Waals surface area (Å²) in [4.78, 5) is 23.0. The molecule has 0 aliphatic carbocycles. The van der Waals surface area contributed by atoms with Crippen LogP contribution in [-0.4, -0.2) is 36.7 Å². The van der Waals surface area contributed by atoms with Crippen molar-refractivity contribution >= 4 is 17.5 Å². The van der Waals surface area contributed by atoms with Gasteiger partial charge in [0.2, 0.25) is 0 Å². The summed E-state index contributed by atoms with van der Waals surface area (Å²) in [5, 5.41) is 14.1. The smallest absolute Gasteiger partial charge is 0.262 e. The van der Waals surface area contributed by atoms with Gasteiger partial charge in [-0.05, 0) is 31.0 Å². The largest absolute Gasteiger partial charge is 0.482 e. The van der Waals surface area contributed by atoms with E-state index in [0.29, 0.717) is 30.0 Å². The van der Waals surface area contributed by atoms with E-state index in [-0.39, 0.29) is 25.0 Å². The number of unbranched alkanes of at least 4 members (excludes halogenated alkanes) is 1. The molecule has 0 atom stereocenters. The van der Waals surface area contributed by atoms with E-state index >= 15 is 0 Å². The van der Waals surface area contributed by atoms with Gasteiger partial charge in [0.15, 0.2) is 6.61 Å². The Kier molecular flexibility index (Phi) is 4.35. The zero-order chi connectivity index (χ0) is 13.7. The molecule has 0 spiro atoms. The monoisotopic (exact) mass is 264 g/mol. The number of nitrogens with one attached hydrogen (secondary N) is 2. The summed E-state index contributed by atoms with van der Waals surface area (Å²) in [6, 6.07) is 4.89. The Morgan fingerprint density at radius 3 is 3.05 bits per heavy atom. The van der Waals surface area contributed by atoms with Gasteiger partial charge in [-0.25, -0.2) is 0 Å². The van der Waals surface area contributed by atoms with E-state index in [4.69, 9.17) is 9.84 Å². The van der Waals surface area contributed by atoms with Crippen LogP contribution in [-0.2, 0) is 4.79 Å². The molecular weight excluding hydrogens is 248 g/mol. The van der Waals surface area contributed by atoms with E-state index in [1.54, 1.807) is 18.2 Å². The van der Waals surface area contributed by atoms with Crippen LogP contribution >= 0.6 is 0 Å². The van der Waals surface area contributed by atoms with Gasteiger partial charge in [0.1, 0.15) is 5.75 Å². The van der Waals surface area contributed by atoms with Gasteiger partial charge >= 0.3 is 0 Å². The lowest BCUT2D eigenvalue weighted by Crippen LogP contribution is -2.27. The van der Waals surface area contributed by atoms with E-state index in [9.17, 15) is 9.59 Å². The number of anilines is 1. The van der Waals surface area contributed by atoms with Gasteiger partial charge in [0.05, 0.1) is 5.69 Å². The van der Waals surface area contributed by atoms with Gasteiger partial charge in [-0.15, -0.1) is 0 Å². The van der Waals surface area contributed by atoms with Crippen molar-refractivity contribution in [1.29, 1.82) is 0 Å². The maximum absolute atomic E-state index is 11.8. The highest BCUT2D eigenvalue weighted by molar-refractivity contribution is 5.98. The fourth-order valence-electron chi connectivity index (χ4n) is 1.76. The molecule has 0 bridgehead atoms. The number of aliphatic hydroxyl groups is 1. The van der Waals surface area contributed by atoms with E-state index in [1.165, 1.54) is 0 Å². The van der Waals surface area contributed by atoms with Crippen molar-refractivity contribution < 1.29 is 19.4 Å². The minimum atomic E-state index is -0.200.